The second-order valence-electron chi connectivity index (χ2n) is 6.05. The summed E-state index contributed by atoms with van der Waals surface area (Å²) in [4.78, 5) is 16.9. The number of hydrogen-bond donors (Lipinski definition) is 1. The third-order valence-electron chi connectivity index (χ3n) is 4.38. The maximum atomic E-state index is 12.6. The van der Waals surface area contributed by atoms with Gasteiger partial charge in [-0.15, -0.1) is 0 Å². The average Bonchev–Trinajstić information content (AvgIpc) is 3.01. The number of carbonyl (C=O) groups is 1. The van der Waals surface area contributed by atoms with Gasteiger partial charge in [-0.25, -0.2) is 4.98 Å². The smallest absolute Gasteiger partial charge is 0.265 e. The Hall–Kier alpha value is -2.50. The van der Waals surface area contributed by atoms with E-state index >= 15 is 0 Å². The van der Waals surface area contributed by atoms with Gasteiger partial charge in [0.2, 0.25) is 6.10 Å². The van der Waals surface area contributed by atoms with E-state index in [1.54, 1.807) is 6.20 Å². The number of para-hydroxylation sites is 2. The van der Waals surface area contributed by atoms with E-state index in [2.05, 4.69) is 14.9 Å². The summed E-state index contributed by atoms with van der Waals surface area (Å²) in [6.45, 7) is 2.61. The van der Waals surface area contributed by atoms with E-state index in [4.69, 9.17) is 9.47 Å². The van der Waals surface area contributed by atoms with Crippen molar-refractivity contribution in [3.63, 3.8) is 0 Å². The molecule has 3 heterocycles. The third kappa shape index (κ3) is 2.65. The molecule has 1 amide bonds. The van der Waals surface area contributed by atoms with Gasteiger partial charge in [-0.2, -0.15) is 0 Å². The summed E-state index contributed by atoms with van der Waals surface area (Å²) in [6, 6.07) is 7.52. The van der Waals surface area contributed by atoms with Crippen molar-refractivity contribution in [1.29, 1.82) is 0 Å². The molecule has 0 saturated carbocycles. The van der Waals surface area contributed by atoms with E-state index in [1.807, 2.05) is 37.4 Å². The van der Waals surface area contributed by atoms with Gasteiger partial charge in [0, 0.05) is 31.4 Å². The van der Waals surface area contributed by atoms with Crippen LogP contribution < -0.4 is 14.8 Å². The van der Waals surface area contributed by atoms with Crippen molar-refractivity contribution in [2.24, 2.45) is 0 Å². The molecule has 6 heteroatoms. The molecule has 0 unspecified atom stereocenters. The van der Waals surface area contributed by atoms with Gasteiger partial charge in [0.25, 0.3) is 5.91 Å². The summed E-state index contributed by atoms with van der Waals surface area (Å²) in [6.07, 6.45) is 4.56. The monoisotopic (exact) mass is 313 g/mol. The van der Waals surface area contributed by atoms with Crippen LogP contribution in [-0.2, 0) is 17.8 Å². The molecule has 4 rings (SSSR count). The highest BCUT2D eigenvalue weighted by molar-refractivity contribution is 5.82. The highest BCUT2D eigenvalue weighted by atomic mass is 16.6. The molecular weight excluding hydrogens is 294 g/mol. The third-order valence-corrected chi connectivity index (χ3v) is 4.38. The molecule has 2 aliphatic heterocycles. The van der Waals surface area contributed by atoms with Crippen molar-refractivity contribution in [2.45, 2.75) is 44.6 Å². The van der Waals surface area contributed by atoms with Gasteiger partial charge < -0.3 is 19.4 Å². The van der Waals surface area contributed by atoms with Crippen LogP contribution in [0.3, 0.4) is 0 Å². The first-order valence-corrected chi connectivity index (χ1v) is 7.93. The van der Waals surface area contributed by atoms with Crippen LogP contribution in [0.5, 0.6) is 11.5 Å². The van der Waals surface area contributed by atoms with E-state index in [-0.39, 0.29) is 18.1 Å². The first-order chi connectivity index (χ1) is 11.2. The maximum Gasteiger partial charge on any atom is 0.265 e. The van der Waals surface area contributed by atoms with Crippen molar-refractivity contribution in [2.75, 3.05) is 0 Å². The molecule has 0 spiro atoms. The molecule has 0 aliphatic carbocycles. The fraction of sp³-hybridized carbons (Fsp3) is 0.412. The SMILES string of the molecule is C[C@@H]1Oc2ccccc2O[C@@H]1C(=O)N[C@@H]1CCc2nccn2C1. The topological polar surface area (TPSA) is 65.4 Å². The van der Waals surface area contributed by atoms with Crippen LogP contribution in [0.1, 0.15) is 19.2 Å². The van der Waals surface area contributed by atoms with Crippen LogP contribution in [0.4, 0.5) is 0 Å². The fourth-order valence-electron chi connectivity index (χ4n) is 3.17. The van der Waals surface area contributed by atoms with Gasteiger partial charge in [0.05, 0.1) is 0 Å². The highest BCUT2D eigenvalue weighted by Crippen LogP contribution is 2.33. The van der Waals surface area contributed by atoms with E-state index in [0.29, 0.717) is 11.5 Å². The molecule has 1 N–H and O–H groups in total. The lowest BCUT2D eigenvalue weighted by molar-refractivity contribution is -0.134. The first kappa shape index (κ1) is 14.1. The second-order valence-corrected chi connectivity index (χ2v) is 6.05. The Morgan fingerprint density at radius 1 is 1.30 bits per heavy atom. The predicted molar refractivity (Wildman–Crippen MR) is 83.4 cm³/mol. The molecule has 120 valence electrons. The number of benzene rings is 1. The molecule has 0 bridgehead atoms. The second kappa shape index (κ2) is 5.61. The largest absolute Gasteiger partial charge is 0.482 e. The van der Waals surface area contributed by atoms with Crippen LogP contribution in [0.15, 0.2) is 36.7 Å². The molecule has 0 saturated heterocycles. The van der Waals surface area contributed by atoms with Gasteiger partial charge in [-0.3, -0.25) is 4.79 Å². The van der Waals surface area contributed by atoms with Gasteiger partial charge >= 0.3 is 0 Å². The fourth-order valence-corrected chi connectivity index (χ4v) is 3.17. The predicted octanol–water partition coefficient (Wildman–Crippen LogP) is 1.54. The molecule has 2 aromatic rings. The Balaban J connectivity index is 1.44. The molecule has 3 atom stereocenters. The molecule has 6 nitrogen and oxygen atoms in total. The van der Waals surface area contributed by atoms with E-state index in [0.717, 1.165) is 25.2 Å². The summed E-state index contributed by atoms with van der Waals surface area (Å²) < 4.78 is 13.7. The van der Waals surface area contributed by atoms with Crippen molar-refractivity contribution in [3.05, 3.63) is 42.5 Å². The number of fused-ring (bicyclic) bond motifs is 2. The number of aromatic nitrogens is 2. The van der Waals surface area contributed by atoms with E-state index < -0.39 is 6.10 Å². The normalized spacial score (nSPS) is 25.5. The van der Waals surface area contributed by atoms with Crippen LogP contribution in [0, 0.1) is 0 Å². The summed E-state index contributed by atoms with van der Waals surface area (Å²) in [5, 5.41) is 3.09. The number of imidazole rings is 1. The molecule has 0 fully saturated rings. The number of nitrogens with zero attached hydrogens (tertiary/aromatic N) is 2. The average molecular weight is 313 g/mol. The van der Waals surface area contributed by atoms with E-state index in [9.17, 15) is 4.79 Å². The highest BCUT2D eigenvalue weighted by Gasteiger charge is 2.35. The lowest BCUT2D eigenvalue weighted by Crippen LogP contribution is -2.52. The molecule has 1 aromatic carbocycles. The summed E-state index contributed by atoms with van der Waals surface area (Å²) in [5.41, 5.74) is 0. The minimum atomic E-state index is -0.630. The van der Waals surface area contributed by atoms with Crippen molar-refractivity contribution >= 4 is 5.91 Å². The number of nitrogens with one attached hydrogen (secondary N) is 1. The minimum Gasteiger partial charge on any atom is -0.482 e. The van der Waals surface area contributed by atoms with Crippen LogP contribution in [-0.4, -0.2) is 33.7 Å². The Labute approximate surface area is 134 Å². The molecule has 2 aliphatic rings. The van der Waals surface area contributed by atoms with Crippen LogP contribution in [0.2, 0.25) is 0 Å². The number of aryl methyl sites for hydroxylation is 1. The summed E-state index contributed by atoms with van der Waals surface area (Å²) >= 11 is 0. The number of carbonyl (C=O) groups excluding carboxylic acids is 1. The Bertz CT molecular complexity index is 727. The lowest BCUT2D eigenvalue weighted by Gasteiger charge is -2.33. The minimum absolute atomic E-state index is 0.0946. The standard InChI is InChI=1S/C17H19N3O3/c1-11-16(23-14-5-3-2-4-13(14)22-11)17(21)19-12-6-7-15-18-8-9-20(15)10-12/h2-5,8-9,11-12,16H,6-7,10H2,1H3,(H,19,21)/t11-,12+,16-/m0/s1. The zero-order chi connectivity index (χ0) is 15.8. The zero-order valence-electron chi connectivity index (χ0n) is 12.9. The summed E-state index contributed by atoms with van der Waals surface area (Å²) in [7, 11) is 0. The van der Waals surface area contributed by atoms with Crippen LogP contribution in [0.25, 0.3) is 0 Å². The molecule has 23 heavy (non-hydrogen) atoms. The molecular formula is C17H19N3O3. The number of rotatable bonds is 2. The van der Waals surface area contributed by atoms with Crippen molar-refractivity contribution in [1.82, 2.24) is 14.9 Å². The Morgan fingerprint density at radius 3 is 2.91 bits per heavy atom. The summed E-state index contributed by atoms with van der Waals surface area (Å²) in [5.74, 6) is 2.26. The quantitative estimate of drug-likeness (QED) is 0.913. The number of hydrogen-bond acceptors (Lipinski definition) is 4. The first-order valence-electron chi connectivity index (χ1n) is 7.93. The van der Waals surface area contributed by atoms with Crippen molar-refractivity contribution in [3.8, 4) is 11.5 Å². The van der Waals surface area contributed by atoms with E-state index in [1.165, 1.54) is 0 Å². The lowest BCUT2D eigenvalue weighted by atomic mass is 10.1. The number of ether oxygens (including phenoxy) is 2. The maximum absolute atomic E-state index is 12.6. The zero-order valence-corrected chi connectivity index (χ0v) is 12.9. The molecule has 1 aromatic heterocycles. The number of amides is 1. The van der Waals surface area contributed by atoms with Gasteiger partial charge in [-0.1, -0.05) is 12.1 Å². The Kier molecular flexibility index (Phi) is 3.44. The van der Waals surface area contributed by atoms with Gasteiger partial charge in [0.15, 0.2) is 11.5 Å². The van der Waals surface area contributed by atoms with Gasteiger partial charge in [-0.05, 0) is 25.5 Å². The molecule has 0 radical (unpaired) electrons. The van der Waals surface area contributed by atoms with Gasteiger partial charge in [0.1, 0.15) is 11.9 Å². The van der Waals surface area contributed by atoms with Crippen molar-refractivity contribution < 1.29 is 14.3 Å². The van der Waals surface area contributed by atoms with Crippen LogP contribution >= 0.6 is 0 Å². The Morgan fingerprint density at radius 2 is 2.09 bits per heavy atom.